The molecule has 16 nitrogen and oxygen atoms in total. The van der Waals surface area contributed by atoms with Gasteiger partial charge in [-0.15, -0.1) is 0 Å². The van der Waals surface area contributed by atoms with Gasteiger partial charge in [-0.1, -0.05) is 0 Å². The first kappa shape index (κ1) is 39.2. The van der Waals surface area contributed by atoms with Crippen LogP contribution in [0.3, 0.4) is 0 Å². The largest absolute Gasteiger partial charge is 0.497 e. The average Bonchev–Trinajstić information content (AvgIpc) is 3.88. The van der Waals surface area contributed by atoms with Crippen molar-refractivity contribution >= 4 is 46.5 Å². The third kappa shape index (κ3) is 7.34. The van der Waals surface area contributed by atoms with Crippen molar-refractivity contribution in [1.82, 2.24) is 19.6 Å². The topological polar surface area (TPSA) is 172 Å². The number of azo groups is 1. The summed E-state index contributed by atoms with van der Waals surface area (Å²) in [5.41, 5.74) is 5.51. The van der Waals surface area contributed by atoms with E-state index < -0.39 is 11.9 Å². The maximum absolute atomic E-state index is 14.1. The minimum atomic E-state index is -0.579. The first-order valence-corrected chi connectivity index (χ1v) is 19.3. The molecular weight excluding hydrogens is 769 g/mol. The molecule has 6 aromatic rings. The molecule has 60 heavy (non-hydrogen) atoms. The number of rotatable bonds is 12. The van der Waals surface area contributed by atoms with Gasteiger partial charge in [0.15, 0.2) is 11.4 Å². The second kappa shape index (κ2) is 16.7. The number of methoxy groups -OCH3 is 2. The fourth-order valence-electron chi connectivity index (χ4n) is 7.27. The van der Waals surface area contributed by atoms with Crippen LogP contribution >= 0.6 is 0 Å². The summed E-state index contributed by atoms with van der Waals surface area (Å²) in [6.45, 7) is 4.46. The van der Waals surface area contributed by atoms with Crippen molar-refractivity contribution in [3.05, 3.63) is 131 Å². The molecule has 0 atom stereocenters. The van der Waals surface area contributed by atoms with Gasteiger partial charge in [0.2, 0.25) is 0 Å². The molecule has 0 spiro atoms. The molecule has 2 amide bonds. The highest BCUT2D eigenvalue weighted by molar-refractivity contribution is 6.10. The van der Waals surface area contributed by atoms with E-state index >= 15 is 0 Å². The number of nitrogens with zero attached hydrogens (tertiary/aromatic N) is 8. The molecule has 2 aliphatic heterocycles. The van der Waals surface area contributed by atoms with Gasteiger partial charge in [0.1, 0.15) is 22.9 Å². The number of amides is 2. The SMILES string of the molecule is CCOC(=O)c1nn(-c2ccc(OC)cc2)c2c1CCN(c1ccc(/N=N/c3ccc(N4CCc5c(C(=O)OCC)nn(-c6ccc(OC)cc6)c5C4=O)cc3)cc1)C2=O. The summed E-state index contributed by atoms with van der Waals surface area (Å²) < 4.78 is 24.1. The zero-order valence-electron chi connectivity index (χ0n) is 33.3. The van der Waals surface area contributed by atoms with Gasteiger partial charge in [0.25, 0.3) is 11.8 Å². The van der Waals surface area contributed by atoms with E-state index in [1.54, 1.807) is 135 Å². The summed E-state index contributed by atoms with van der Waals surface area (Å²) in [4.78, 5) is 57.2. The van der Waals surface area contributed by atoms with E-state index in [1.807, 2.05) is 0 Å². The molecule has 0 aliphatic carbocycles. The van der Waals surface area contributed by atoms with Crippen molar-refractivity contribution < 1.29 is 38.1 Å². The van der Waals surface area contributed by atoms with E-state index in [-0.39, 0.29) is 47.8 Å². The Bertz CT molecular complexity index is 2430. The van der Waals surface area contributed by atoms with Crippen LogP contribution in [0.4, 0.5) is 22.7 Å². The summed E-state index contributed by atoms with van der Waals surface area (Å²) in [6, 6.07) is 28.4. The molecule has 0 N–H and O–H groups in total. The molecule has 0 fully saturated rings. The summed E-state index contributed by atoms with van der Waals surface area (Å²) in [7, 11) is 3.14. The van der Waals surface area contributed by atoms with Crippen LogP contribution in [0.2, 0.25) is 0 Å². The number of aromatic nitrogens is 4. The molecule has 4 aromatic carbocycles. The highest BCUT2D eigenvalue weighted by Crippen LogP contribution is 2.33. The van der Waals surface area contributed by atoms with Gasteiger partial charge < -0.3 is 28.7 Å². The third-order valence-corrected chi connectivity index (χ3v) is 10.2. The predicted molar refractivity (Wildman–Crippen MR) is 220 cm³/mol. The second-order valence-electron chi connectivity index (χ2n) is 13.7. The van der Waals surface area contributed by atoms with E-state index in [0.717, 1.165) is 0 Å². The first-order valence-electron chi connectivity index (χ1n) is 19.3. The second-order valence-corrected chi connectivity index (χ2v) is 13.7. The van der Waals surface area contributed by atoms with Crippen molar-refractivity contribution in [1.29, 1.82) is 0 Å². The van der Waals surface area contributed by atoms with E-state index in [2.05, 4.69) is 20.4 Å². The number of anilines is 2. The monoisotopic (exact) mass is 808 g/mol. The van der Waals surface area contributed by atoms with Crippen molar-refractivity contribution in [2.45, 2.75) is 26.7 Å². The average molecular weight is 809 g/mol. The fourth-order valence-corrected chi connectivity index (χ4v) is 7.27. The number of hydrogen-bond acceptors (Lipinski definition) is 12. The summed E-state index contributed by atoms with van der Waals surface area (Å²) in [5.74, 6) is -0.487. The quantitative estimate of drug-likeness (QED) is 0.0906. The molecule has 16 heteroatoms. The normalized spacial score (nSPS) is 13.6. The Balaban J connectivity index is 0.986. The molecule has 2 aliphatic rings. The Hall–Kier alpha value is -7.62. The Kier molecular flexibility index (Phi) is 10.9. The van der Waals surface area contributed by atoms with Gasteiger partial charge in [-0.3, -0.25) is 9.59 Å². The van der Waals surface area contributed by atoms with Gasteiger partial charge in [-0.05, 0) is 124 Å². The molecule has 2 aromatic heterocycles. The zero-order chi connectivity index (χ0) is 41.9. The summed E-state index contributed by atoms with van der Waals surface area (Å²) >= 11 is 0. The van der Waals surface area contributed by atoms with Crippen LogP contribution in [0.25, 0.3) is 11.4 Å². The third-order valence-electron chi connectivity index (χ3n) is 10.2. The van der Waals surface area contributed by atoms with Crippen LogP contribution in [0.1, 0.15) is 66.9 Å². The van der Waals surface area contributed by atoms with Crippen molar-refractivity contribution in [2.75, 3.05) is 50.3 Å². The summed E-state index contributed by atoms with van der Waals surface area (Å²) in [6.07, 6.45) is 0.794. The van der Waals surface area contributed by atoms with Gasteiger partial charge in [-0.2, -0.15) is 20.4 Å². The molecule has 0 bridgehead atoms. The molecule has 0 radical (unpaired) electrons. The van der Waals surface area contributed by atoms with Crippen LogP contribution in [-0.2, 0) is 22.3 Å². The smallest absolute Gasteiger partial charge is 0.359 e. The van der Waals surface area contributed by atoms with Crippen molar-refractivity contribution in [3.8, 4) is 22.9 Å². The lowest BCUT2D eigenvalue weighted by molar-refractivity contribution is 0.0508. The van der Waals surface area contributed by atoms with Gasteiger partial charge >= 0.3 is 11.9 Å². The highest BCUT2D eigenvalue weighted by Gasteiger charge is 2.37. The van der Waals surface area contributed by atoms with Crippen LogP contribution < -0.4 is 19.3 Å². The molecule has 0 unspecified atom stereocenters. The minimum absolute atomic E-state index is 0.123. The maximum Gasteiger partial charge on any atom is 0.359 e. The number of benzene rings is 4. The van der Waals surface area contributed by atoms with Gasteiger partial charge in [0.05, 0.1) is 50.2 Å². The molecule has 8 rings (SSSR count). The lowest BCUT2D eigenvalue weighted by Crippen LogP contribution is -2.39. The number of ether oxygens (including phenoxy) is 4. The Morgan fingerprint density at radius 3 is 1.23 bits per heavy atom. The molecule has 304 valence electrons. The molecular formula is C44H40N8O8. The van der Waals surface area contributed by atoms with E-state index in [1.165, 1.54) is 9.36 Å². The number of carbonyl (C=O) groups is 4. The Labute approximate surface area is 344 Å². The molecule has 0 saturated carbocycles. The molecule has 0 saturated heterocycles. The predicted octanol–water partition coefficient (Wildman–Crippen LogP) is 7.25. The Morgan fingerprint density at radius 2 is 0.900 bits per heavy atom. The summed E-state index contributed by atoms with van der Waals surface area (Å²) in [5, 5.41) is 17.9. The van der Waals surface area contributed by atoms with E-state index in [0.29, 0.717) is 82.7 Å². The van der Waals surface area contributed by atoms with Crippen molar-refractivity contribution in [2.24, 2.45) is 10.2 Å². The van der Waals surface area contributed by atoms with Crippen LogP contribution in [-0.4, -0.2) is 83.8 Å². The lowest BCUT2D eigenvalue weighted by atomic mass is 10.0. The Morgan fingerprint density at radius 1 is 0.550 bits per heavy atom. The lowest BCUT2D eigenvalue weighted by Gasteiger charge is -2.28. The van der Waals surface area contributed by atoms with Crippen LogP contribution in [0, 0.1) is 0 Å². The standard InChI is InChI=1S/C44H40N8O8/c1-5-59-43(55)37-35-23-25-49(41(53)39(35)51(47-37)31-15-19-33(57-3)20-16-31)29-11-7-27(8-12-29)45-46-28-9-13-30(14-10-28)50-26-24-36-38(44(56)60-6-2)48-52(40(36)42(50)54)32-17-21-34(58-4)22-18-32/h7-22H,5-6,23-26H2,1-4H3/b46-45+. The molecule has 4 heterocycles. The maximum atomic E-state index is 14.1. The minimum Gasteiger partial charge on any atom is -0.497 e. The van der Waals surface area contributed by atoms with E-state index in [9.17, 15) is 19.2 Å². The van der Waals surface area contributed by atoms with Crippen LogP contribution in [0.15, 0.2) is 107 Å². The fraction of sp³-hybridized carbons (Fsp3) is 0.227. The number of fused-ring (bicyclic) bond motifs is 2. The zero-order valence-corrected chi connectivity index (χ0v) is 33.3. The van der Waals surface area contributed by atoms with E-state index in [4.69, 9.17) is 18.9 Å². The van der Waals surface area contributed by atoms with Gasteiger partial charge in [-0.25, -0.2) is 19.0 Å². The number of esters is 2. The number of hydrogen-bond donors (Lipinski definition) is 0. The van der Waals surface area contributed by atoms with Crippen molar-refractivity contribution in [3.63, 3.8) is 0 Å². The highest BCUT2D eigenvalue weighted by atomic mass is 16.5. The first-order chi connectivity index (χ1) is 29.2. The van der Waals surface area contributed by atoms with Gasteiger partial charge in [0, 0.05) is 35.6 Å². The van der Waals surface area contributed by atoms with Crippen LogP contribution in [0.5, 0.6) is 11.5 Å². The number of carbonyl (C=O) groups excluding carboxylic acids is 4.